The van der Waals surface area contributed by atoms with Crippen LogP contribution in [0.4, 0.5) is 0 Å². The maximum absolute atomic E-state index is 11.6. The first kappa shape index (κ1) is 10.6. The van der Waals surface area contributed by atoms with E-state index in [0.717, 1.165) is 5.75 Å². The summed E-state index contributed by atoms with van der Waals surface area (Å²) in [4.78, 5) is 12.2. The average Bonchev–Trinajstić information content (AvgIpc) is 2.12. The molecule has 0 atom stereocenters. The number of nitrogens with zero attached hydrogens (tertiary/aromatic N) is 2. The van der Waals surface area contributed by atoms with Gasteiger partial charge in [0.15, 0.2) is 0 Å². The van der Waals surface area contributed by atoms with Crippen molar-refractivity contribution in [2.24, 2.45) is 0 Å². The molecule has 1 rings (SSSR count). The predicted octanol–water partition coefficient (Wildman–Crippen LogP) is 2.03. The molecular formula is C8H11ClN2OS. The van der Waals surface area contributed by atoms with E-state index in [0.29, 0.717) is 16.5 Å². The van der Waals surface area contributed by atoms with E-state index in [1.807, 2.05) is 13.8 Å². The Morgan fingerprint density at radius 1 is 1.62 bits per heavy atom. The van der Waals surface area contributed by atoms with Crippen molar-refractivity contribution in [2.45, 2.75) is 25.3 Å². The lowest BCUT2D eigenvalue weighted by Gasteiger charge is -2.04. The van der Waals surface area contributed by atoms with Gasteiger partial charge in [-0.1, -0.05) is 18.5 Å². The zero-order chi connectivity index (χ0) is 9.84. The summed E-state index contributed by atoms with van der Waals surface area (Å²) in [5, 5.41) is 4.34. The van der Waals surface area contributed by atoms with E-state index in [1.54, 1.807) is 0 Å². The Morgan fingerprint density at radius 2 is 2.31 bits per heavy atom. The van der Waals surface area contributed by atoms with Gasteiger partial charge in [0, 0.05) is 6.54 Å². The monoisotopic (exact) mass is 218 g/mol. The molecule has 0 saturated carbocycles. The molecule has 0 aliphatic rings. The first-order valence-corrected chi connectivity index (χ1v) is 5.45. The van der Waals surface area contributed by atoms with E-state index in [-0.39, 0.29) is 5.56 Å². The van der Waals surface area contributed by atoms with Crippen molar-refractivity contribution in [2.75, 3.05) is 5.75 Å². The lowest BCUT2D eigenvalue weighted by Crippen LogP contribution is -2.23. The van der Waals surface area contributed by atoms with E-state index >= 15 is 0 Å². The van der Waals surface area contributed by atoms with Crippen LogP contribution in [-0.4, -0.2) is 15.5 Å². The zero-order valence-electron chi connectivity index (χ0n) is 7.58. The SMILES string of the molecule is CCSc1c(Cl)cnn(CC)c1=O. The van der Waals surface area contributed by atoms with Crippen LogP contribution in [0.3, 0.4) is 0 Å². The van der Waals surface area contributed by atoms with Crippen LogP contribution in [0.1, 0.15) is 13.8 Å². The van der Waals surface area contributed by atoms with Crippen molar-refractivity contribution in [3.8, 4) is 0 Å². The van der Waals surface area contributed by atoms with Crippen LogP contribution in [0.25, 0.3) is 0 Å². The van der Waals surface area contributed by atoms with E-state index in [4.69, 9.17) is 11.6 Å². The molecule has 13 heavy (non-hydrogen) atoms. The quantitative estimate of drug-likeness (QED) is 0.729. The third-order valence-corrected chi connectivity index (χ3v) is 2.91. The van der Waals surface area contributed by atoms with Crippen LogP contribution in [-0.2, 0) is 6.54 Å². The normalized spacial score (nSPS) is 10.4. The third kappa shape index (κ3) is 2.25. The van der Waals surface area contributed by atoms with Gasteiger partial charge in [-0.15, -0.1) is 11.8 Å². The van der Waals surface area contributed by atoms with Gasteiger partial charge in [0.25, 0.3) is 5.56 Å². The van der Waals surface area contributed by atoms with Gasteiger partial charge >= 0.3 is 0 Å². The number of aryl methyl sites for hydroxylation is 1. The fraction of sp³-hybridized carbons (Fsp3) is 0.500. The van der Waals surface area contributed by atoms with E-state index in [2.05, 4.69) is 5.10 Å². The molecule has 0 amide bonds. The summed E-state index contributed by atoms with van der Waals surface area (Å²) < 4.78 is 1.41. The molecule has 1 aromatic rings. The van der Waals surface area contributed by atoms with Crippen molar-refractivity contribution < 1.29 is 0 Å². The lowest BCUT2D eigenvalue weighted by atomic mass is 10.5. The van der Waals surface area contributed by atoms with E-state index in [1.165, 1.54) is 22.6 Å². The molecule has 0 unspecified atom stereocenters. The smallest absolute Gasteiger partial charge is 0.266 e. The fourth-order valence-electron chi connectivity index (χ4n) is 0.951. The zero-order valence-corrected chi connectivity index (χ0v) is 9.15. The first-order valence-electron chi connectivity index (χ1n) is 4.09. The molecule has 0 radical (unpaired) electrons. The minimum Gasteiger partial charge on any atom is -0.266 e. The summed E-state index contributed by atoms with van der Waals surface area (Å²) in [5.41, 5.74) is -0.0955. The number of rotatable bonds is 3. The molecule has 5 heteroatoms. The topological polar surface area (TPSA) is 34.9 Å². The van der Waals surface area contributed by atoms with Crippen LogP contribution in [0.15, 0.2) is 15.9 Å². The number of thioether (sulfide) groups is 1. The molecule has 0 spiro atoms. The van der Waals surface area contributed by atoms with Gasteiger partial charge in [-0.2, -0.15) is 5.10 Å². The molecule has 0 aromatic carbocycles. The number of aromatic nitrogens is 2. The van der Waals surface area contributed by atoms with Gasteiger partial charge in [-0.3, -0.25) is 4.79 Å². The van der Waals surface area contributed by atoms with Crippen molar-refractivity contribution >= 4 is 23.4 Å². The van der Waals surface area contributed by atoms with Crippen LogP contribution >= 0.6 is 23.4 Å². The van der Waals surface area contributed by atoms with Crippen LogP contribution in [0.5, 0.6) is 0 Å². The molecule has 0 bridgehead atoms. The maximum atomic E-state index is 11.6. The molecule has 1 aromatic heterocycles. The summed E-state index contributed by atoms with van der Waals surface area (Å²) in [5.74, 6) is 0.836. The molecule has 0 aliphatic carbocycles. The van der Waals surface area contributed by atoms with Crippen molar-refractivity contribution in [1.82, 2.24) is 9.78 Å². The number of halogens is 1. The highest BCUT2D eigenvalue weighted by Gasteiger charge is 2.08. The Morgan fingerprint density at radius 3 is 2.85 bits per heavy atom. The number of hydrogen-bond acceptors (Lipinski definition) is 3. The first-order chi connectivity index (χ1) is 6.20. The summed E-state index contributed by atoms with van der Waals surface area (Å²) >= 11 is 7.29. The molecule has 0 N–H and O–H groups in total. The Hall–Kier alpha value is -0.480. The van der Waals surface area contributed by atoms with Crippen LogP contribution < -0.4 is 5.56 Å². The Balaban J connectivity index is 3.22. The average molecular weight is 219 g/mol. The molecule has 1 heterocycles. The summed E-state index contributed by atoms with van der Waals surface area (Å²) in [7, 11) is 0. The Bertz CT molecular complexity index is 350. The summed E-state index contributed by atoms with van der Waals surface area (Å²) in [6.07, 6.45) is 1.52. The molecule has 72 valence electrons. The van der Waals surface area contributed by atoms with Crippen LogP contribution in [0, 0.1) is 0 Å². The highest BCUT2D eigenvalue weighted by atomic mass is 35.5. The predicted molar refractivity (Wildman–Crippen MR) is 55.6 cm³/mol. The van der Waals surface area contributed by atoms with Gasteiger partial charge in [-0.25, -0.2) is 4.68 Å². The van der Waals surface area contributed by atoms with Gasteiger partial charge in [0.05, 0.1) is 16.1 Å². The van der Waals surface area contributed by atoms with E-state index in [9.17, 15) is 4.79 Å². The summed E-state index contributed by atoms with van der Waals surface area (Å²) in [6.45, 7) is 4.44. The number of hydrogen-bond donors (Lipinski definition) is 0. The largest absolute Gasteiger partial charge is 0.281 e. The minimum atomic E-state index is -0.0955. The van der Waals surface area contributed by atoms with Crippen LogP contribution in [0.2, 0.25) is 5.02 Å². The summed E-state index contributed by atoms with van der Waals surface area (Å²) in [6, 6.07) is 0. The second-order valence-corrected chi connectivity index (χ2v) is 4.06. The minimum absolute atomic E-state index is 0.0955. The second kappa shape index (κ2) is 4.67. The fourth-order valence-corrected chi connectivity index (χ4v) is 1.95. The highest BCUT2D eigenvalue weighted by Crippen LogP contribution is 2.21. The van der Waals surface area contributed by atoms with Crippen molar-refractivity contribution in [3.05, 3.63) is 21.6 Å². The van der Waals surface area contributed by atoms with Gasteiger partial charge in [0.1, 0.15) is 0 Å². The molecule has 0 saturated heterocycles. The Kier molecular flexibility index (Phi) is 3.81. The van der Waals surface area contributed by atoms with Gasteiger partial charge in [-0.05, 0) is 12.7 Å². The molecule has 0 aliphatic heterocycles. The van der Waals surface area contributed by atoms with Gasteiger partial charge in [0.2, 0.25) is 0 Å². The molecule has 3 nitrogen and oxygen atoms in total. The molecule has 0 fully saturated rings. The Labute approximate surface area is 86.1 Å². The van der Waals surface area contributed by atoms with E-state index < -0.39 is 0 Å². The van der Waals surface area contributed by atoms with Gasteiger partial charge < -0.3 is 0 Å². The standard InChI is InChI=1S/C8H11ClN2OS/c1-3-11-8(12)7(13-4-2)6(9)5-10-11/h5H,3-4H2,1-2H3. The maximum Gasteiger partial charge on any atom is 0.281 e. The van der Waals surface area contributed by atoms with Crippen molar-refractivity contribution in [3.63, 3.8) is 0 Å². The third-order valence-electron chi connectivity index (χ3n) is 1.54. The lowest BCUT2D eigenvalue weighted by molar-refractivity contribution is 0.602. The second-order valence-electron chi connectivity index (χ2n) is 2.38. The van der Waals surface area contributed by atoms with Crippen molar-refractivity contribution in [1.29, 1.82) is 0 Å². The highest BCUT2D eigenvalue weighted by molar-refractivity contribution is 7.99. The molecular weight excluding hydrogens is 208 g/mol.